The van der Waals surface area contributed by atoms with Crippen LogP contribution < -0.4 is 10.1 Å². The summed E-state index contributed by atoms with van der Waals surface area (Å²) in [5, 5.41) is 6.05. The summed E-state index contributed by atoms with van der Waals surface area (Å²) in [4.78, 5) is 16.5. The molecule has 0 saturated heterocycles. The van der Waals surface area contributed by atoms with Gasteiger partial charge in [0.1, 0.15) is 23.2 Å². The number of thiazole rings is 1. The van der Waals surface area contributed by atoms with Crippen LogP contribution in [0, 0.1) is 5.82 Å². The van der Waals surface area contributed by atoms with Gasteiger partial charge in [-0.1, -0.05) is 29.8 Å². The van der Waals surface area contributed by atoms with Crippen LogP contribution in [0.15, 0.2) is 53.9 Å². The molecule has 1 amide bonds. The molecule has 0 spiro atoms. The average Bonchev–Trinajstić information content (AvgIpc) is 3.09. The van der Waals surface area contributed by atoms with Gasteiger partial charge in [0.15, 0.2) is 0 Å². The highest BCUT2D eigenvalue weighted by molar-refractivity contribution is 7.13. The van der Waals surface area contributed by atoms with Crippen molar-refractivity contribution in [2.24, 2.45) is 0 Å². The SMILES string of the molecule is O=C(Cc1csc(-c2ccccc2Cl)n1)NCCOc1ccc(F)cc1. The van der Waals surface area contributed by atoms with Gasteiger partial charge >= 0.3 is 0 Å². The molecule has 1 N–H and O–H groups in total. The Balaban J connectivity index is 1.45. The number of hydrogen-bond donors (Lipinski definition) is 1. The summed E-state index contributed by atoms with van der Waals surface area (Å²) >= 11 is 7.62. The van der Waals surface area contributed by atoms with E-state index in [1.165, 1.54) is 23.5 Å². The van der Waals surface area contributed by atoms with Gasteiger partial charge in [-0.3, -0.25) is 4.79 Å². The molecule has 1 heterocycles. The van der Waals surface area contributed by atoms with E-state index in [9.17, 15) is 9.18 Å². The van der Waals surface area contributed by atoms with E-state index in [0.717, 1.165) is 10.6 Å². The van der Waals surface area contributed by atoms with E-state index in [2.05, 4.69) is 10.3 Å². The number of halogens is 2. The molecule has 0 bridgehead atoms. The van der Waals surface area contributed by atoms with Crippen molar-refractivity contribution in [2.45, 2.75) is 6.42 Å². The number of rotatable bonds is 7. The minimum absolute atomic E-state index is 0.135. The molecule has 0 saturated carbocycles. The standard InChI is InChI=1S/C19H16ClFN2O2S/c20-17-4-2-1-3-16(17)19-23-14(12-26-19)11-18(24)22-9-10-25-15-7-5-13(21)6-8-15/h1-8,12H,9-11H2,(H,22,24). The molecule has 2 aromatic carbocycles. The van der Waals surface area contributed by atoms with Crippen molar-refractivity contribution >= 4 is 28.8 Å². The Hall–Kier alpha value is -2.44. The summed E-state index contributed by atoms with van der Waals surface area (Å²) in [6.45, 7) is 0.664. The lowest BCUT2D eigenvalue weighted by Gasteiger charge is -2.07. The van der Waals surface area contributed by atoms with Gasteiger partial charge in [-0.25, -0.2) is 9.37 Å². The zero-order valence-corrected chi connectivity index (χ0v) is 15.3. The van der Waals surface area contributed by atoms with Gasteiger partial charge in [-0.2, -0.15) is 0 Å². The fraction of sp³-hybridized carbons (Fsp3) is 0.158. The molecule has 0 aliphatic carbocycles. The molecule has 134 valence electrons. The summed E-state index contributed by atoms with van der Waals surface area (Å²) in [5.41, 5.74) is 1.56. The van der Waals surface area contributed by atoms with Crippen LogP contribution in [0.25, 0.3) is 10.6 Å². The van der Waals surface area contributed by atoms with Gasteiger partial charge in [0.2, 0.25) is 5.91 Å². The van der Waals surface area contributed by atoms with Gasteiger partial charge < -0.3 is 10.1 Å². The second kappa shape index (κ2) is 8.78. The van der Waals surface area contributed by atoms with Gasteiger partial charge in [0.25, 0.3) is 0 Å². The Morgan fingerprint density at radius 1 is 1.19 bits per heavy atom. The van der Waals surface area contributed by atoms with Crippen LogP contribution >= 0.6 is 22.9 Å². The number of benzene rings is 2. The van der Waals surface area contributed by atoms with Crippen LogP contribution in [0.5, 0.6) is 5.75 Å². The van der Waals surface area contributed by atoms with Crippen LogP contribution in [0.4, 0.5) is 4.39 Å². The molecule has 0 aliphatic heterocycles. The van der Waals surface area contributed by atoms with E-state index in [1.807, 2.05) is 29.6 Å². The number of carbonyl (C=O) groups excluding carboxylic acids is 1. The van der Waals surface area contributed by atoms with Crippen molar-refractivity contribution in [3.05, 3.63) is 70.4 Å². The maximum Gasteiger partial charge on any atom is 0.226 e. The lowest BCUT2D eigenvalue weighted by Crippen LogP contribution is -2.29. The summed E-state index contributed by atoms with van der Waals surface area (Å²) in [6.07, 6.45) is 0.192. The number of ether oxygens (including phenoxy) is 1. The predicted octanol–water partition coefficient (Wildman–Crippen LogP) is 4.34. The summed E-state index contributed by atoms with van der Waals surface area (Å²) < 4.78 is 18.2. The Labute approximate surface area is 159 Å². The molecule has 7 heteroatoms. The predicted molar refractivity (Wildman–Crippen MR) is 101 cm³/mol. The molecule has 0 radical (unpaired) electrons. The number of nitrogens with one attached hydrogen (secondary N) is 1. The largest absolute Gasteiger partial charge is 0.492 e. The molecule has 0 unspecified atom stereocenters. The van der Waals surface area contributed by atoms with Crippen LogP contribution in [-0.2, 0) is 11.2 Å². The highest BCUT2D eigenvalue weighted by Gasteiger charge is 2.10. The molecule has 0 fully saturated rings. The third-order valence-electron chi connectivity index (χ3n) is 3.50. The minimum Gasteiger partial charge on any atom is -0.492 e. The first kappa shape index (κ1) is 18.4. The Morgan fingerprint density at radius 2 is 1.96 bits per heavy atom. The first-order valence-electron chi connectivity index (χ1n) is 7.96. The van der Waals surface area contributed by atoms with Crippen molar-refractivity contribution in [3.63, 3.8) is 0 Å². The van der Waals surface area contributed by atoms with Crippen LogP contribution in [0.2, 0.25) is 5.02 Å². The summed E-state index contributed by atoms with van der Waals surface area (Å²) in [6, 6.07) is 13.2. The maximum absolute atomic E-state index is 12.8. The molecule has 0 atom stereocenters. The maximum atomic E-state index is 12.8. The van der Waals surface area contributed by atoms with Crippen molar-refractivity contribution < 1.29 is 13.9 Å². The third kappa shape index (κ3) is 5.03. The average molecular weight is 391 g/mol. The zero-order valence-electron chi connectivity index (χ0n) is 13.7. The van der Waals surface area contributed by atoms with Gasteiger partial charge in [0.05, 0.1) is 23.7 Å². The zero-order chi connectivity index (χ0) is 18.4. The number of amides is 1. The quantitative estimate of drug-likeness (QED) is 0.610. The summed E-state index contributed by atoms with van der Waals surface area (Å²) in [5.74, 6) is 0.110. The van der Waals surface area contributed by atoms with E-state index < -0.39 is 0 Å². The van der Waals surface area contributed by atoms with Crippen molar-refractivity contribution in [2.75, 3.05) is 13.2 Å². The minimum atomic E-state index is -0.315. The fourth-order valence-corrected chi connectivity index (χ4v) is 3.40. The van der Waals surface area contributed by atoms with Gasteiger partial charge in [0, 0.05) is 10.9 Å². The van der Waals surface area contributed by atoms with E-state index in [-0.39, 0.29) is 18.1 Å². The Morgan fingerprint density at radius 3 is 2.73 bits per heavy atom. The highest BCUT2D eigenvalue weighted by Crippen LogP contribution is 2.30. The molecule has 26 heavy (non-hydrogen) atoms. The van der Waals surface area contributed by atoms with Gasteiger partial charge in [-0.05, 0) is 30.3 Å². The van der Waals surface area contributed by atoms with Gasteiger partial charge in [-0.15, -0.1) is 11.3 Å². The third-order valence-corrected chi connectivity index (χ3v) is 4.76. The molecule has 3 rings (SSSR count). The lowest BCUT2D eigenvalue weighted by molar-refractivity contribution is -0.120. The van der Waals surface area contributed by atoms with Crippen molar-refractivity contribution in [1.29, 1.82) is 0 Å². The molecular formula is C19H16ClFN2O2S. The number of hydrogen-bond acceptors (Lipinski definition) is 4. The molecule has 0 aliphatic rings. The van der Waals surface area contributed by atoms with E-state index in [1.54, 1.807) is 12.1 Å². The topological polar surface area (TPSA) is 51.2 Å². The smallest absolute Gasteiger partial charge is 0.226 e. The number of carbonyl (C=O) groups is 1. The van der Waals surface area contributed by atoms with Crippen LogP contribution in [0.1, 0.15) is 5.69 Å². The number of nitrogens with zero attached hydrogens (tertiary/aromatic N) is 1. The highest BCUT2D eigenvalue weighted by atomic mass is 35.5. The second-order valence-electron chi connectivity index (χ2n) is 5.45. The Kier molecular flexibility index (Phi) is 6.20. The monoisotopic (exact) mass is 390 g/mol. The molecular weight excluding hydrogens is 375 g/mol. The number of aromatic nitrogens is 1. The van der Waals surface area contributed by atoms with Crippen molar-refractivity contribution in [1.82, 2.24) is 10.3 Å². The molecule has 4 nitrogen and oxygen atoms in total. The van der Waals surface area contributed by atoms with Crippen molar-refractivity contribution in [3.8, 4) is 16.3 Å². The lowest BCUT2D eigenvalue weighted by atomic mass is 10.2. The fourth-order valence-electron chi connectivity index (χ4n) is 2.26. The Bertz CT molecular complexity index is 883. The van der Waals surface area contributed by atoms with E-state index in [0.29, 0.717) is 29.6 Å². The normalized spacial score (nSPS) is 10.5. The second-order valence-corrected chi connectivity index (χ2v) is 6.72. The molecule has 1 aromatic heterocycles. The molecule has 3 aromatic rings. The summed E-state index contributed by atoms with van der Waals surface area (Å²) in [7, 11) is 0. The first-order chi connectivity index (χ1) is 12.6. The van der Waals surface area contributed by atoms with Crippen LogP contribution in [-0.4, -0.2) is 24.0 Å². The first-order valence-corrected chi connectivity index (χ1v) is 9.22. The van der Waals surface area contributed by atoms with Crippen LogP contribution in [0.3, 0.4) is 0 Å². The van der Waals surface area contributed by atoms with E-state index in [4.69, 9.17) is 16.3 Å². The van der Waals surface area contributed by atoms with E-state index >= 15 is 0 Å².